The summed E-state index contributed by atoms with van der Waals surface area (Å²) in [5, 5.41) is 4.08. The number of nitrogens with zero attached hydrogens (tertiary/aromatic N) is 2. The second-order valence-corrected chi connectivity index (χ2v) is 8.41. The number of aromatic amines is 1. The van der Waals surface area contributed by atoms with Crippen molar-refractivity contribution in [3.63, 3.8) is 0 Å². The van der Waals surface area contributed by atoms with Gasteiger partial charge < -0.3 is 4.98 Å². The maximum atomic E-state index is 13.2. The number of thiazole rings is 1. The molecular weight excluding hydrogens is 356 g/mol. The number of hydrogen-bond acceptors (Lipinski definition) is 4. The fourth-order valence-electron chi connectivity index (χ4n) is 4.07. The summed E-state index contributed by atoms with van der Waals surface area (Å²) in [6.45, 7) is 0. The molecule has 2 N–H and O–H groups in total. The number of para-hydroxylation sites is 3. The first kappa shape index (κ1) is 16.4. The molecule has 0 radical (unpaired) electrons. The van der Waals surface area contributed by atoms with Crippen LogP contribution in [0.5, 0.6) is 0 Å². The summed E-state index contributed by atoms with van der Waals surface area (Å²) in [6.07, 6.45) is 4.65. The zero-order valence-corrected chi connectivity index (χ0v) is 15.7. The summed E-state index contributed by atoms with van der Waals surface area (Å²) < 4.78 is 1.18. The highest BCUT2D eigenvalue weighted by Gasteiger charge is 2.42. The Balaban J connectivity index is 1.42. The summed E-state index contributed by atoms with van der Waals surface area (Å²) in [5.41, 5.74) is 2.41. The van der Waals surface area contributed by atoms with Crippen LogP contribution >= 0.6 is 11.3 Å². The van der Waals surface area contributed by atoms with Crippen LogP contribution in [0.3, 0.4) is 0 Å². The van der Waals surface area contributed by atoms with Gasteiger partial charge in [-0.15, -0.1) is 11.3 Å². The monoisotopic (exact) mass is 376 g/mol. The molecule has 0 saturated heterocycles. The van der Waals surface area contributed by atoms with Crippen LogP contribution in [0.15, 0.2) is 48.5 Å². The van der Waals surface area contributed by atoms with Crippen LogP contribution < -0.4 is 5.32 Å². The zero-order valence-electron chi connectivity index (χ0n) is 14.9. The van der Waals surface area contributed by atoms with Crippen LogP contribution in [0.4, 0.5) is 5.95 Å². The highest BCUT2D eigenvalue weighted by atomic mass is 32.1. The Morgan fingerprint density at radius 2 is 1.78 bits per heavy atom. The minimum atomic E-state index is -0.396. The third kappa shape index (κ3) is 3.00. The van der Waals surface area contributed by atoms with Crippen molar-refractivity contribution in [2.75, 3.05) is 5.32 Å². The van der Waals surface area contributed by atoms with Gasteiger partial charge in [-0.05, 0) is 37.1 Å². The number of imidazole rings is 1. The predicted molar refractivity (Wildman–Crippen MR) is 109 cm³/mol. The lowest BCUT2D eigenvalue weighted by atomic mass is 9.82. The standard InChI is InChI=1S/C21H20N4OS/c26-19(25-20-23-14-7-1-2-8-15(14)24-20)21(11-5-6-12-21)13-18-22-16-9-3-4-10-17(16)27-18/h1-4,7-10H,5-6,11-13H2,(H2,23,24,25,26). The number of fused-ring (bicyclic) bond motifs is 2. The summed E-state index contributed by atoms with van der Waals surface area (Å²) in [6, 6.07) is 16.0. The van der Waals surface area contributed by atoms with E-state index < -0.39 is 5.41 Å². The number of carbonyl (C=O) groups is 1. The molecule has 136 valence electrons. The van der Waals surface area contributed by atoms with Crippen molar-refractivity contribution in [2.45, 2.75) is 32.1 Å². The molecule has 0 bridgehead atoms. The van der Waals surface area contributed by atoms with Crippen molar-refractivity contribution < 1.29 is 4.79 Å². The Labute approximate surface area is 160 Å². The molecule has 6 heteroatoms. The van der Waals surface area contributed by atoms with Gasteiger partial charge in [-0.25, -0.2) is 9.97 Å². The molecule has 1 aliphatic carbocycles. The van der Waals surface area contributed by atoms with E-state index in [0.29, 0.717) is 12.4 Å². The molecule has 1 aliphatic rings. The van der Waals surface area contributed by atoms with Crippen molar-refractivity contribution in [1.82, 2.24) is 15.0 Å². The first-order valence-corrected chi connectivity index (χ1v) is 10.1. The molecule has 0 unspecified atom stereocenters. The molecule has 1 amide bonds. The van der Waals surface area contributed by atoms with Crippen LogP contribution in [0, 0.1) is 5.41 Å². The molecule has 5 rings (SSSR count). The van der Waals surface area contributed by atoms with Gasteiger partial charge in [0.1, 0.15) is 0 Å². The van der Waals surface area contributed by atoms with Crippen LogP contribution in [-0.2, 0) is 11.2 Å². The summed E-state index contributed by atoms with van der Waals surface area (Å²) in [7, 11) is 0. The van der Waals surface area contributed by atoms with Crippen molar-refractivity contribution in [1.29, 1.82) is 0 Å². The minimum absolute atomic E-state index is 0.0540. The Kier molecular flexibility index (Phi) is 3.93. The van der Waals surface area contributed by atoms with E-state index in [0.717, 1.165) is 47.2 Å². The lowest BCUT2D eigenvalue weighted by molar-refractivity contribution is -0.125. The fourth-order valence-corrected chi connectivity index (χ4v) is 5.18. The van der Waals surface area contributed by atoms with Gasteiger partial charge in [0.05, 0.1) is 31.7 Å². The summed E-state index contributed by atoms with van der Waals surface area (Å²) in [4.78, 5) is 25.7. The van der Waals surface area contributed by atoms with E-state index in [9.17, 15) is 4.79 Å². The molecule has 5 nitrogen and oxygen atoms in total. The lowest BCUT2D eigenvalue weighted by Gasteiger charge is -2.26. The third-order valence-corrected chi connectivity index (χ3v) is 6.53. The molecule has 2 aromatic heterocycles. The number of amides is 1. The van der Waals surface area contributed by atoms with E-state index >= 15 is 0 Å². The smallest absolute Gasteiger partial charge is 0.233 e. The molecular formula is C21H20N4OS. The number of carbonyl (C=O) groups excluding carboxylic acids is 1. The first-order valence-electron chi connectivity index (χ1n) is 9.33. The maximum Gasteiger partial charge on any atom is 0.233 e. The number of benzene rings is 2. The number of aromatic nitrogens is 3. The van der Waals surface area contributed by atoms with Crippen molar-refractivity contribution in [3.05, 3.63) is 53.5 Å². The van der Waals surface area contributed by atoms with E-state index in [1.807, 2.05) is 42.5 Å². The van der Waals surface area contributed by atoms with E-state index in [2.05, 4.69) is 21.4 Å². The van der Waals surface area contributed by atoms with Gasteiger partial charge in [-0.2, -0.15) is 0 Å². The molecule has 27 heavy (non-hydrogen) atoms. The second-order valence-electron chi connectivity index (χ2n) is 7.30. The SMILES string of the molecule is O=C(Nc1nc2ccccc2[nH]1)C1(Cc2nc3ccccc3s2)CCCC1. The van der Waals surface area contributed by atoms with Crippen LogP contribution in [-0.4, -0.2) is 20.9 Å². The highest BCUT2D eigenvalue weighted by molar-refractivity contribution is 7.18. The largest absolute Gasteiger partial charge is 0.324 e. The van der Waals surface area contributed by atoms with Gasteiger partial charge in [0, 0.05) is 6.42 Å². The molecule has 1 saturated carbocycles. The van der Waals surface area contributed by atoms with Crippen LogP contribution in [0.1, 0.15) is 30.7 Å². The van der Waals surface area contributed by atoms with Gasteiger partial charge in [0.25, 0.3) is 0 Å². The highest BCUT2D eigenvalue weighted by Crippen LogP contribution is 2.43. The number of anilines is 1. The Morgan fingerprint density at radius 3 is 2.56 bits per heavy atom. The molecule has 0 spiro atoms. The normalized spacial score (nSPS) is 16.1. The molecule has 4 aromatic rings. The first-order chi connectivity index (χ1) is 13.2. The second kappa shape index (κ2) is 6.46. The number of rotatable bonds is 4. The van der Waals surface area contributed by atoms with Crippen molar-refractivity contribution in [3.8, 4) is 0 Å². The van der Waals surface area contributed by atoms with Gasteiger partial charge in [0.15, 0.2) is 0 Å². The summed E-state index contributed by atoms with van der Waals surface area (Å²) in [5.74, 6) is 0.579. The third-order valence-electron chi connectivity index (χ3n) is 5.49. The van der Waals surface area contributed by atoms with E-state index in [1.165, 1.54) is 4.70 Å². The quantitative estimate of drug-likeness (QED) is 0.531. The molecule has 2 heterocycles. The Morgan fingerprint density at radius 1 is 1.04 bits per heavy atom. The van der Waals surface area contributed by atoms with Crippen molar-refractivity contribution in [2.24, 2.45) is 5.41 Å². The molecule has 2 aromatic carbocycles. The average molecular weight is 376 g/mol. The number of nitrogens with one attached hydrogen (secondary N) is 2. The van der Waals surface area contributed by atoms with E-state index in [-0.39, 0.29) is 5.91 Å². The topological polar surface area (TPSA) is 70.7 Å². The van der Waals surface area contributed by atoms with Gasteiger partial charge >= 0.3 is 0 Å². The molecule has 1 fully saturated rings. The van der Waals surface area contributed by atoms with Gasteiger partial charge in [-0.1, -0.05) is 37.1 Å². The van der Waals surface area contributed by atoms with Gasteiger partial charge in [0.2, 0.25) is 11.9 Å². The summed E-state index contributed by atoms with van der Waals surface area (Å²) >= 11 is 1.70. The molecule has 0 aliphatic heterocycles. The van der Waals surface area contributed by atoms with E-state index in [1.54, 1.807) is 11.3 Å². The van der Waals surface area contributed by atoms with E-state index in [4.69, 9.17) is 4.98 Å². The van der Waals surface area contributed by atoms with Crippen molar-refractivity contribution >= 4 is 44.4 Å². The number of hydrogen-bond donors (Lipinski definition) is 2. The molecule has 0 atom stereocenters. The predicted octanol–water partition coefficient (Wildman–Crippen LogP) is 4.91. The minimum Gasteiger partial charge on any atom is -0.324 e. The Bertz CT molecular complexity index is 1060. The van der Waals surface area contributed by atoms with Gasteiger partial charge in [-0.3, -0.25) is 10.1 Å². The Hall–Kier alpha value is -2.73. The maximum absolute atomic E-state index is 13.2. The van der Waals surface area contributed by atoms with Crippen LogP contribution in [0.2, 0.25) is 0 Å². The zero-order chi connectivity index (χ0) is 18.3. The lowest BCUT2D eigenvalue weighted by Crippen LogP contribution is -2.36. The fraction of sp³-hybridized carbons (Fsp3) is 0.286. The van der Waals surface area contributed by atoms with Crippen LogP contribution in [0.25, 0.3) is 21.3 Å². The average Bonchev–Trinajstić information content (AvgIpc) is 3.39. The number of H-pyrrole nitrogens is 1.